The summed E-state index contributed by atoms with van der Waals surface area (Å²) in [7, 11) is 0. The highest BCUT2D eigenvalue weighted by Crippen LogP contribution is 2.36. The number of aryl methyl sites for hydroxylation is 1. The van der Waals surface area contributed by atoms with Crippen molar-refractivity contribution in [2.75, 3.05) is 6.54 Å². The molecule has 1 aliphatic carbocycles. The number of halogens is 1. The van der Waals surface area contributed by atoms with Crippen molar-refractivity contribution in [2.24, 2.45) is 11.7 Å². The molecule has 0 saturated heterocycles. The Kier molecular flexibility index (Phi) is 3.74. The van der Waals surface area contributed by atoms with Gasteiger partial charge in [0.1, 0.15) is 11.6 Å². The van der Waals surface area contributed by atoms with Crippen LogP contribution in [-0.4, -0.2) is 16.1 Å². The fourth-order valence-corrected chi connectivity index (χ4v) is 3.42. The molecule has 3 rings (SSSR count). The topological polar surface area (TPSA) is 43.8 Å². The molecule has 0 bridgehead atoms. The van der Waals surface area contributed by atoms with Crippen LogP contribution in [0.3, 0.4) is 0 Å². The van der Waals surface area contributed by atoms with Gasteiger partial charge >= 0.3 is 0 Å². The minimum absolute atomic E-state index is 0.211. The Morgan fingerprint density at radius 3 is 2.70 bits per heavy atom. The van der Waals surface area contributed by atoms with Gasteiger partial charge in [-0.15, -0.1) is 0 Å². The molecule has 2 aromatic rings. The largest absolute Gasteiger partial charge is 0.330 e. The molecule has 1 aromatic heterocycles. The standard InChI is InChI=1S/C16H22FN3/c1-2-20-15-8-7-13(17)9-14(15)19-16(20)12-5-3-11(10-18)4-6-12/h7-9,11-12H,2-6,10,18H2,1H3. The van der Waals surface area contributed by atoms with Crippen molar-refractivity contribution >= 4 is 11.0 Å². The summed E-state index contributed by atoms with van der Waals surface area (Å²) in [4.78, 5) is 4.71. The summed E-state index contributed by atoms with van der Waals surface area (Å²) in [6, 6.07) is 4.90. The van der Waals surface area contributed by atoms with Crippen molar-refractivity contribution in [1.29, 1.82) is 0 Å². The molecule has 2 N–H and O–H groups in total. The Hall–Kier alpha value is -1.42. The molecule has 1 aromatic carbocycles. The number of nitrogens with zero attached hydrogens (tertiary/aromatic N) is 2. The van der Waals surface area contributed by atoms with Crippen molar-refractivity contribution in [3.05, 3.63) is 29.8 Å². The van der Waals surface area contributed by atoms with Gasteiger partial charge in [-0.05, 0) is 57.2 Å². The quantitative estimate of drug-likeness (QED) is 0.932. The van der Waals surface area contributed by atoms with E-state index in [0.717, 1.165) is 42.8 Å². The maximum atomic E-state index is 13.4. The second-order valence-electron chi connectivity index (χ2n) is 5.80. The number of aromatic nitrogens is 2. The molecule has 0 atom stereocenters. The van der Waals surface area contributed by atoms with E-state index < -0.39 is 0 Å². The van der Waals surface area contributed by atoms with E-state index in [0.29, 0.717) is 11.8 Å². The van der Waals surface area contributed by atoms with Crippen LogP contribution >= 0.6 is 0 Å². The van der Waals surface area contributed by atoms with Crippen LogP contribution in [0.1, 0.15) is 44.3 Å². The molecule has 1 heterocycles. The molecule has 1 saturated carbocycles. The first-order valence-electron chi connectivity index (χ1n) is 7.58. The van der Waals surface area contributed by atoms with Crippen LogP contribution in [0.15, 0.2) is 18.2 Å². The van der Waals surface area contributed by atoms with Gasteiger partial charge in [0.25, 0.3) is 0 Å². The van der Waals surface area contributed by atoms with E-state index in [-0.39, 0.29) is 5.82 Å². The monoisotopic (exact) mass is 275 g/mol. The number of imidazole rings is 1. The average Bonchev–Trinajstić information content (AvgIpc) is 2.84. The average molecular weight is 275 g/mol. The summed E-state index contributed by atoms with van der Waals surface area (Å²) in [6.07, 6.45) is 4.66. The van der Waals surface area contributed by atoms with E-state index in [2.05, 4.69) is 11.5 Å². The van der Waals surface area contributed by atoms with Gasteiger partial charge in [0, 0.05) is 18.5 Å². The highest BCUT2D eigenvalue weighted by atomic mass is 19.1. The highest BCUT2D eigenvalue weighted by molar-refractivity contribution is 5.76. The van der Waals surface area contributed by atoms with Gasteiger partial charge < -0.3 is 10.3 Å². The number of rotatable bonds is 3. The second kappa shape index (κ2) is 5.52. The first-order valence-corrected chi connectivity index (χ1v) is 7.58. The number of nitrogens with two attached hydrogens (primary N) is 1. The highest BCUT2D eigenvalue weighted by Gasteiger charge is 2.25. The molecule has 20 heavy (non-hydrogen) atoms. The van der Waals surface area contributed by atoms with Gasteiger partial charge in [0.05, 0.1) is 11.0 Å². The second-order valence-corrected chi connectivity index (χ2v) is 5.80. The first-order chi connectivity index (χ1) is 9.72. The Bertz CT molecular complexity index is 597. The fraction of sp³-hybridized carbons (Fsp3) is 0.562. The van der Waals surface area contributed by atoms with Crippen LogP contribution < -0.4 is 5.73 Å². The lowest BCUT2D eigenvalue weighted by Gasteiger charge is -2.27. The summed E-state index contributed by atoms with van der Waals surface area (Å²) in [6.45, 7) is 3.80. The number of hydrogen-bond donors (Lipinski definition) is 1. The first kappa shape index (κ1) is 13.6. The maximum absolute atomic E-state index is 13.4. The zero-order valence-electron chi connectivity index (χ0n) is 12.0. The molecule has 1 aliphatic rings. The van der Waals surface area contributed by atoms with E-state index in [1.807, 2.05) is 6.07 Å². The van der Waals surface area contributed by atoms with E-state index in [1.165, 1.54) is 25.0 Å². The van der Waals surface area contributed by atoms with Crippen LogP contribution in [0, 0.1) is 11.7 Å². The summed E-state index contributed by atoms with van der Waals surface area (Å²) in [5, 5.41) is 0. The molecule has 0 aliphatic heterocycles. The Morgan fingerprint density at radius 2 is 2.05 bits per heavy atom. The maximum Gasteiger partial charge on any atom is 0.125 e. The van der Waals surface area contributed by atoms with Crippen LogP contribution in [0.5, 0.6) is 0 Å². The number of hydrogen-bond acceptors (Lipinski definition) is 2. The molecule has 0 radical (unpaired) electrons. The van der Waals surface area contributed by atoms with Gasteiger partial charge in [0.15, 0.2) is 0 Å². The van der Waals surface area contributed by atoms with Crippen molar-refractivity contribution in [1.82, 2.24) is 9.55 Å². The zero-order valence-corrected chi connectivity index (χ0v) is 12.0. The van der Waals surface area contributed by atoms with Crippen molar-refractivity contribution in [3.63, 3.8) is 0 Å². The molecule has 4 heteroatoms. The fourth-order valence-electron chi connectivity index (χ4n) is 3.42. The van der Waals surface area contributed by atoms with Crippen molar-refractivity contribution < 1.29 is 4.39 Å². The third-order valence-corrected chi connectivity index (χ3v) is 4.60. The van der Waals surface area contributed by atoms with Crippen LogP contribution in [0.2, 0.25) is 0 Å². The lowest BCUT2D eigenvalue weighted by Crippen LogP contribution is -2.22. The Morgan fingerprint density at radius 1 is 1.30 bits per heavy atom. The van der Waals surface area contributed by atoms with Gasteiger partial charge in [-0.1, -0.05) is 0 Å². The van der Waals surface area contributed by atoms with E-state index in [1.54, 1.807) is 0 Å². The lowest BCUT2D eigenvalue weighted by molar-refractivity contribution is 0.321. The summed E-state index contributed by atoms with van der Waals surface area (Å²) in [5.41, 5.74) is 7.59. The third kappa shape index (κ3) is 2.33. The molecule has 0 unspecified atom stereocenters. The van der Waals surface area contributed by atoms with Crippen LogP contribution in [0.4, 0.5) is 4.39 Å². The van der Waals surface area contributed by atoms with E-state index in [9.17, 15) is 4.39 Å². The van der Waals surface area contributed by atoms with Gasteiger partial charge in [-0.2, -0.15) is 0 Å². The number of benzene rings is 1. The molecule has 0 spiro atoms. The van der Waals surface area contributed by atoms with Crippen molar-refractivity contribution in [3.8, 4) is 0 Å². The smallest absolute Gasteiger partial charge is 0.125 e. The summed E-state index contributed by atoms with van der Waals surface area (Å²) < 4.78 is 15.6. The minimum Gasteiger partial charge on any atom is -0.330 e. The molecule has 3 nitrogen and oxygen atoms in total. The predicted molar refractivity (Wildman–Crippen MR) is 79.1 cm³/mol. The van der Waals surface area contributed by atoms with Crippen LogP contribution in [0.25, 0.3) is 11.0 Å². The minimum atomic E-state index is -0.211. The molecular weight excluding hydrogens is 253 g/mol. The SMILES string of the molecule is CCn1c(C2CCC(CN)CC2)nc2cc(F)ccc21. The van der Waals surface area contributed by atoms with Gasteiger partial charge in [0.2, 0.25) is 0 Å². The van der Waals surface area contributed by atoms with Gasteiger partial charge in [-0.3, -0.25) is 0 Å². The molecule has 0 amide bonds. The van der Waals surface area contributed by atoms with E-state index in [4.69, 9.17) is 10.7 Å². The third-order valence-electron chi connectivity index (χ3n) is 4.60. The van der Waals surface area contributed by atoms with E-state index >= 15 is 0 Å². The zero-order chi connectivity index (χ0) is 14.1. The number of fused-ring (bicyclic) bond motifs is 1. The normalized spacial score (nSPS) is 23.4. The Labute approximate surface area is 119 Å². The molecular formula is C16H22FN3. The van der Waals surface area contributed by atoms with Crippen LogP contribution in [-0.2, 0) is 6.54 Å². The Balaban J connectivity index is 1.95. The predicted octanol–water partition coefficient (Wildman–Crippen LogP) is 3.43. The molecule has 1 fully saturated rings. The summed E-state index contributed by atoms with van der Waals surface area (Å²) >= 11 is 0. The molecule has 108 valence electrons. The lowest BCUT2D eigenvalue weighted by atomic mass is 9.81. The summed E-state index contributed by atoms with van der Waals surface area (Å²) in [5.74, 6) is 2.08. The van der Waals surface area contributed by atoms with Gasteiger partial charge in [-0.25, -0.2) is 9.37 Å². The van der Waals surface area contributed by atoms with Crippen molar-refractivity contribution in [2.45, 2.75) is 45.1 Å².